The normalized spacial score (nSPS) is 13.0. The number of halogens is 3. The van der Waals surface area contributed by atoms with E-state index in [0.717, 1.165) is 29.9 Å². The fourth-order valence-corrected chi connectivity index (χ4v) is 8.50. The first-order chi connectivity index (χ1) is 21.2. The molecule has 7 heteroatoms. The summed E-state index contributed by atoms with van der Waals surface area (Å²) in [4.78, 5) is 4.81. The van der Waals surface area contributed by atoms with E-state index in [-0.39, 0.29) is 5.82 Å². The van der Waals surface area contributed by atoms with E-state index >= 15 is 0 Å². The van der Waals surface area contributed by atoms with Crippen LogP contribution in [-0.2, 0) is 20.1 Å². The average Bonchev–Trinajstić information content (AvgIpc) is 3.37. The molecule has 0 aromatic heterocycles. The number of anilines is 3. The van der Waals surface area contributed by atoms with Gasteiger partial charge in [-0.1, -0.05) is 35.4 Å². The van der Waals surface area contributed by atoms with E-state index in [1.165, 1.54) is 73.6 Å². The number of nitrogens with zero attached hydrogens (tertiary/aromatic N) is 2. The summed E-state index contributed by atoms with van der Waals surface area (Å²) in [6, 6.07) is 18.1. The van der Waals surface area contributed by atoms with Crippen molar-refractivity contribution in [1.29, 1.82) is 0 Å². The molecule has 0 bridgehead atoms. The minimum absolute atomic E-state index is 0.276. The van der Waals surface area contributed by atoms with Gasteiger partial charge in [0, 0.05) is 24.5 Å². The predicted octanol–water partition coefficient (Wildman–Crippen LogP) is 10.4. The first kappa shape index (κ1) is 35.1. The Labute approximate surface area is 282 Å². The summed E-state index contributed by atoms with van der Waals surface area (Å²) in [5.74, 6) is -0.276. The van der Waals surface area contributed by atoms with Crippen LogP contribution in [-0.4, -0.2) is 17.7 Å². The summed E-state index contributed by atoms with van der Waals surface area (Å²) in [7, 11) is 11.9. The van der Waals surface area contributed by atoms with Crippen LogP contribution in [0.2, 0.25) is 0 Å². The second-order valence-corrected chi connectivity index (χ2v) is 18.0. The van der Waals surface area contributed by atoms with Gasteiger partial charge in [0.2, 0.25) is 0 Å². The third kappa shape index (κ3) is 8.97. The van der Waals surface area contributed by atoms with Crippen LogP contribution in [0.25, 0.3) is 0 Å². The van der Waals surface area contributed by atoms with Crippen molar-refractivity contribution in [2.45, 2.75) is 68.9 Å². The maximum absolute atomic E-state index is 13.4. The molecule has 1 aliphatic heterocycles. The van der Waals surface area contributed by atoms with Gasteiger partial charge in [0.05, 0.1) is 0 Å². The van der Waals surface area contributed by atoms with Crippen molar-refractivity contribution >= 4 is 41.1 Å². The molecular formula is C38H45Cl2FN3Ru-. The van der Waals surface area contributed by atoms with E-state index in [2.05, 4.69) is 120 Å². The molecule has 5 rings (SSSR count). The summed E-state index contributed by atoms with van der Waals surface area (Å²) in [5.41, 5.74) is 17.4. The summed E-state index contributed by atoms with van der Waals surface area (Å²) >= 11 is -1.99. The van der Waals surface area contributed by atoms with Gasteiger partial charge in [0.25, 0.3) is 0 Å². The number of benzene rings is 4. The molecule has 1 heterocycles. The summed E-state index contributed by atoms with van der Waals surface area (Å²) in [6.07, 6.45) is 0. The molecule has 0 atom stereocenters. The molecule has 4 aromatic carbocycles. The zero-order valence-corrected chi connectivity index (χ0v) is 31.1. The van der Waals surface area contributed by atoms with Crippen molar-refractivity contribution < 1.29 is 17.9 Å². The van der Waals surface area contributed by atoms with Crippen LogP contribution in [0.15, 0.2) is 54.6 Å². The average molecular weight is 735 g/mol. The van der Waals surface area contributed by atoms with Gasteiger partial charge < -0.3 is 9.80 Å². The second kappa shape index (κ2) is 15.2. The Kier molecular flexibility index (Phi) is 11.9. The summed E-state index contributed by atoms with van der Waals surface area (Å²) in [6.45, 7) is 24.4. The molecule has 0 radical (unpaired) electrons. The second-order valence-electron chi connectivity index (χ2n) is 12.3. The zero-order valence-electron chi connectivity index (χ0n) is 27.9. The number of hydrogen-bond donors (Lipinski definition) is 1. The number of hydrogen-bond acceptors (Lipinski definition) is 3. The Hall–Kier alpha value is -2.72. The summed E-state index contributed by atoms with van der Waals surface area (Å²) < 4.78 is 15.2. The molecule has 1 N–H and O–H groups in total. The van der Waals surface area contributed by atoms with Crippen molar-refractivity contribution in [3.05, 3.63) is 128 Å². The van der Waals surface area contributed by atoms with Gasteiger partial charge in [0.15, 0.2) is 0 Å². The Morgan fingerprint density at radius 3 is 1.53 bits per heavy atom. The number of aryl methyl sites for hydroxylation is 9. The fraction of sp³-hybridized carbons (Fsp3) is 0.316. The Bertz CT molecular complexity index is 1600. The maximum atomic E-state index is 13.4. The third-order valence-electron chi connectivity index (χ3n) is 8.13. The van der Waals surface area contributed by atoms with E-state index in [9.17, 15) is 4.39 Å². The van der Waals surface area contributed by atoms with E-state index in [4.69, 9.17) is 19.4 Å². The van der Waals surface area contributed by atoms with Crippen LogP contribution in [0.1, 0.15) is 61.2 Å². The third-order valence-corrected chi connectivity index (χ3v) is 9.97. The zero-order chi connectivity index (χ0) is 33.0. The molecule has 4 aromatic rings. The van der Waals surface area contributed by atoms with Crippen molar-refractivity contribution in [3.8, 4) is 0 Å². The van der Waals surface area contributed by atoms with Crippen LogP contribution in [0, 0.1) is 74.8 Å². The first-order valence-electron chi connectivity index (χ1n) is 15.2. The molecule has 1 aliphatic rings. The first-order valence-corrected chi connectivity index (χ1v) is 20.7. The molecule has 1 fully saturated rings. The van der Waals surface area contributed by atoms with Crippen LogP contribution >= 0.6 is 19.4 Å². The predicted molar refractivity (Wildman–Crippen MR) is 192 cm³/mol. The van der Waals surface area contributed by atoms with E-state index in [1.807, 2.05) is 0 Å². The Balaban J connectivity index is 0.000000205. The van der Waals surface area contributed by atoms with Gasteiger partial charge >= 0.3 is 144 Å². The molecule has 0 aliphatic carbocycles. The van der Waals surface area contributed by atoms with Gasteiger partial charge in [-0.2, -0.15) is 6.67 Å². The van der Waals surface area contributed by atoms with Crippen molar-refractivity contribution in [1.82, 2.24) is 0 Å². The Morgan fingerprint density at radius 2 is 1.11 bits per heavy atom. The van der Waals surface area contributed by atoms with Gasteiger partial charge in [-0.05, 0) is 63.8 Å². The standard InChI is InChI=1S/C21H27N2.C17H18FN.2ClH.Ru/c1-14-9-16(3)20(17(4)10-14)22-7-8-23(13-22)21-18(5)11-15(2)12-19(21)6;1-11-7-13(3)17(14(4)8-11)19-10-15-5-6-16(18)9-12(15)2;;;/h9-13H,7-8H2,1-6H3;2,5-9,19H,10H2,1,3-4H3;2*1H;/q-1;;;;+2/p-2. The monoisotopic (exact) mass is 734 g/mol. The minimum atomic E-state index is -1.99. The fourth-order valence-electron chi connectivity index (χ4n) is 6.64. The molecule has 0 saturated carbocycles. The van der Waals surface area contributed by atoms with Crippen molar-refractivity contribution in [2.24, 2.45) is 0 Å². The van der Waals surface area contributed by atoms with Crippen LogP contribution in [0.4, 0.5) is 21.5 Å². The van der Waals surface area contributed by atoms with E-state index < -0.39 is 13.5 Å². The topological polar surface area (TPSA) is 18.5 Å². The molecular weight excluding hydrogens is 689 g/mol. The van der Waals surface area contributed by atoms with Crippen molar-refractivity contribution in [2.75, 3.05) is 28.2 Å². The van der Waals surface area contributed by atoms with Gasteiger partial charge in [-0.3, -0.25) is 0 Å². The Morgan fingerprint density at radius 1 is 0.689 bits per heavy atom. The van der Waals surface area contributed by atoms with Gasteiger partial charge in [-0.25, -0.2) is 0 Å². The molecule has 1 saturated heterocycles. The van der Waals surface area contributed by atoms with Crippen LogP contribution in [0.5, 0.6) is 0 Å². The molecule has 0 unspecified atom stereocenters. The van der Waals surface area contributed by atoms with Gasteiger partial charge in [0.1, 0.15) is 0 Å². The molecule has 3 nitrogen and oxygen atoms in total. The summed E-state index contributed by atoms with van der Waals surface area (Å²) in [5, 5.41) is 3.45. The number of rotatable bonds is 6. The molecule has 0 spiro atoms. The molecule has 0 amide bonds. The number of nitrogens with one attached hydrogen (secondary N) is 1. The van der Waals surface area contributed by atoms with Gasteiger partial charge in [-0.15, -0.1) is 0 Å². The molecule has 45 heavy (non-hydrogen) atoms. The quantitative estimate of drug-likeness (QED) is 0.157. The van der Waals surface area contributed by atoms with Crippen molar-refractivity contribution in [3.63, 3.8) is 0 Å². The molecule has 242 valence electrons. The SMILES string of the molecule is Cc1cc(C)c(N2[CH-]N(c3c(C)cc(C)cc3C)CC2)c(C)c1.Cc1cc(C)c(NCc2ccc(F)cc2[CH]=[Ru]([Cl])[Cl])c(C)c1. The van der Waals surface area contributed by atoms with Crippen LogP contribution in [0.3, 0.4) is 0 Å². The van der Waals surface area contributed by atoms with E-state index in [0.29, 0.717) is 6.54 Å². The van der Waals surface area contributed by atoms with Crippen LogP contribution < -0.4 is 15.1 Å². The van der Waals surface area contributed by atoms with E-state index in [1.54, 1.807) is 10.7 Å².